The Kier molecular flexibility index (Phi) is 3.44. The molecule has 0 atom stereocenters. The number of fused-ring (bicyclic) bond motifs is 1. The zero-order valence-electron chi connectivity index (χ0n) is 11.6. The van der Waals surface area contributed by atoms with Gasteiger partial charge in [-0.05, 0) is 35.4 Å². The Morgan fingerprint density at radius 1 is 1.05 bits per heavy atom. The SMILES string of the molecule is COc1ccc(-c2ccnc3ccncc23)cc1C(F)(F)F. The highest BCUT2D eigenvalue weighted by atomic mass is 19.4. The van der Waals surface area contributed by atoms with Crippen LogP contribution in [0.3, 0.4) is 0 Å². The van der Waals surface area contributed by atoms with Crippen molar-refractivity contribution in [2.45, 2.75) is 6.18 Å². The Balaban J connectivity index is 2.24. The fourth-order valence-electron chi connectivity index (χ4n) is 2.34. The second kappa shape index (κ2) is 5.29. The molecule has 0 saturated carbocycles. The summed E-state index contributed by atoms with van der Waals surface area (Å²) in [6, 6.07) is 7.39. The summed E-state index contributed by atoms with van der Waals surface area (Å²) in [5, 5.41) is 0.697. The number of nitrogens with zero attached hydrogens (tertiary/aromatic N) is 2. The van der Waals surface area contributed by atoms with Crippen molar-refractivity contribution >= 4 is 10.9 Å². The molecular formula is C16H11F3N2O. The van der Waals surface area contributed by atoms with E-state index in [0.717, 1.165) is 6.07 Å². The van der Waals surface area contributed by atoms with E-state index in [-0.39, 0.29) is 5.75 Å². The van der Waals surface area contributed by atoms with Crippen molar-refractivity contribution in [3.8, 4) is 16.9 Å². The van der Waals surface area contributed by atoms with Crippen molar-refractivity contribution in [2.24, 2.45) is 0 Å². The second-order valence-corrected chi connectivity index (χ2v) is 4.66. The van der Waals surface area contributed by atoms with Crippen molar-refractivity contribution < 1.29 is 17.9 Å². The predicted octanol–water partition coefficient (Wildman–Crippen LogP) is 4.32. The number of alkyl halides is 3. The molecule has 2 aromatic heterocycles. The first-order valence-electron chi connectivity index (χ1n) is 6.45. The molecule has 22 heavy (non-hydrogen) atoms. The summed E-state index contributed by atoms with van der Waals surface area (Å²) in [5.74, 6) is -0.201. The van der Waals surface area contributed by atoms with Crippen LogP contribution in [0.4, 0.5) is 13.2 Å². The summed E-state index contributed by atoms with van der Waals surface area (Å²) in [6.07, 6.45) is 0.265. The van der Waals surface area contributed by atoms with E-state index in [0.29, 0.717) is 22.0 Å². The van der Waals surface area contributed by atoms with Crippen LogP contribution in [0.1, 0.15) is 5.56 Å². The van der Waals surface area contributed by atoms with E-state index in [4.69, 9.17) is 4.74 Å². The minimum Gasteiger partial charge on any atom is -0.496 e. The minimum atomic E-state index is -4.48. The number of aromatic nitrogens is 2. The molecule has 0 spiro atoms. The van der Waals surface area contributed by atoms with Gasteiger partial charge in [-0.3, -0.25) is 9.97 Å². The molecule has 0 bridgehead atoms. The van der Waals surface area contributed by atoms with Crippen LogP contribution >= 0.6 is 0 Å². The maximum absolute atomic E-state index is 13.1. The average molecular weight is 304 g/mol. The highest BCUT2D eigenvalue weighted by Crippen LogP contribution is 2.39. The molecule has 0 aliphatic rings. The molecule has 0 aliphatic heterocycles. The van der Waals surface area contributed by atoms with Gasteiger partial charge >= 0.3 is 6.18 Å². The third kappa shape index (κ3) is 2.47. The molecule has 0 amide bonds. The van der Waals surface area contributed by atoms with E-state index in [2.05, 4.69) is 9.97 Å². The number of ether oxygens (including phenoxy) is 1. The molecule has 0 fully saturated rings. The fraction of sp³-hybridized carbons (Fsp3) is 0.125. The monoisotopic (exact) mass is 304 g/mol. The van der Waals surface area contributed by atoms with Gasteiger partial charge in [0.25, 0.3) is 0 Å². The van der Waals surface area contributed by atoms with Gasteiger partial charge in [-0.1, -0.05) is 6.07 Å². The van der Waals surface area contributed by atoms with E-state index in [1.807, 2.05) is 0 Å². The molecule has 0 aliphatic carbocycles. The molecule has 3 aromatic rings. The number of rotatable bonds is 2. The van der Waals surface area contributed by atoms with Crippen LogP contribution in [-0.4, -0.2) is 17.1 Å². The van der Waals surface area contributed by atoms with Gasteiger partial charge < -0.3 is 4.74 Å². The molecule has 0 N–H and O–H groups in total. The van der Waals surface area contributed by atoms with E-state index in [9.17, 15) is 13.2 Å². The van der Waals surface area contributed by atoms with E-state index >= 15 is 0 Å². The summed E-state index contributed by atoms with van der Waals surface area (Å²) >= 11 is 0. The topological polar surface area (TPSA) is 35.0 Å². The molecule has 0 radical (unpaired) electrons. The Bertz CT molecular complexity index is 826. The van der Waals surface area contributed by atoms with Gasteiger partial charge in [0.05, 0.1) is 18.2 Å². The van der Waals surface area contributed by atoms with Crippen LogP contribution < -0.4 is 4.74 Å². The fourth-order valence-corrected chi connectivity index (χ4v) is 2.34. The van der Waals surface area contributed by atoms with Crippen molar-refractivity contribution in [1.82, 2.24) is 9.97 Å². The molecule has 6 heteroatoms. The first kappa shape index (κ1) is 14.3. The number of methoxy groups -OCH3 is 1. The van der Waals surface area contributed by atoms with Crippen LogP contribution in [0.15, 0.2) is 48.9 Å². The summed E-state index contributed by atoms with van der Waals surface area (Å²) in [7, 11) is 1.22. The van der Waals surface area contributed by atoms with Gasteiger partial charge in [0.1, 0.15) is 5.75 Å². The maximum Gasteiger partial charge on any atom is 0.419 e. The summed E-state index contributed by atoms with van der Waals surface area (Å²) in [5.41, 5.74) is 0.956. The Hall–Kier alpha value is -2.63. The standard InChI is InChI=1S/C16H11F3N2O/c1-22-15-3-2-10(8-13(15)16(17,18)19)11-4-7-21-14-5-6-20-9-12(11)14/h2-9H,1H3. The number of hydrogen-bond acceptors (Lipinski definition) is 3. The van der Waals surface area contributed by atoms with Crippen LogP contribution in [0.25, 0.3) is 22.0 Å². The lowest BCUT2D eigenvalue weighted by Gasteiger charge is -2.14. The average Bonchev–Trinajstić information content (AvgIpc) is 2.53. The smallest absolute Gasteiger partial charge is 0.419 e. The van der Waals surface area contributed by atoms with Gasteiger partial charge in [0.2, 0.25) is 0 Å². The Morgan fingerprint density at radius 2 is 1.86 bits per heavy atom. The zero-order chi connectivity index (χ0) is 15.7. The van der Waals surface area contributed by atoms with E-state index in [1.54, 1.807) is 36.8 Å². The Morgan fingerprint density at radius 3 is 2.59 bits per heavy atom. The van der Waals surface area contributed by atoms with Crippen LogP contribution in [0, 0.1) is 0 Å². The maximum atomic E-state index is 13.1. The first-order chi connectivity index (χ1) is 10.5. The molecule has 1 aromatic carbocycles. The summed E-state index contributed by atoms with van der Waals surface area (Å²) < 4.78 is 44.2. The van der Waals surface area contributed by atoms with Crippen LogP contribution in [-0.2, 0) is 6.18 Å². The quantitative estimate of drug-likeness (QED) is 0.707. The minimum absolute atomic E-state index is 0.201. The molecule has 112 valence electrons. The highest BCUT2D eigenvalue weighted by molar-refractivity contribution is 5.93. The van der Waals surface area contributed by atoms with Crippen LogP contribution in [0.2, 0.25) is 0 Å². The second-order valence-electron chi connectivity index (χ2n) is 4.66. The molecule has 2 heterocycles. The first-order valence-corrected chi connectivity index (χ1v) is 6.45. The number of benzene rings is 1. The van der Waals surface area contributed by atoms with Crippen molar-refractivity contribution in [3.63, 3.8) is 0 Å². The molecular weight excluding hydrogens is 293 g/mol. The number of pyridine rings is 2. The number of halogens is 3. The lowest BCUT2D eigenvalue weighted by Crippen LogP contribution is -2.07. The predicted molar refractivity (Wildman–Crippen MR) is 76.5 cm³/mol. The van der Waals surface area contributed by atoms with Crippen molar-refractivity contribution in [2.75, 3.05) is 7.11 Å². The Labute approximate surface area is 124 Å². The van der Waals surface area contributed by atoms with Crippen LogP contribution in [0.5, 0.6) is 5.75 Å². The largest absolute Gasteiger partial charge is 0.496 e. The van der Waals surface area contributed by atoms with E-state index < -0.39 is 11.7 Å². The molecule has 0 saturated heterocycles. The summed E-state index contributed by atoms with van der Waals surface area (Å²) in [6.45, 7) is 0. The lowest BCUT2D eigenvalue weighted by atomic mass is 10.00. The third-order valence-electron chi connectivity index (χ3n) is 3.36. The van der Waals surface area contributed by atoms with Gasteiger partial charge in [-0.2, -0.15) is 13.2 Å². The normalized spacial score (nSPS) is 11.6. The van der Waals surface area contributed by atoms with Gasteiger partial charge in [0, 0.05) is 24.0 Å². The van der Waals surface area contributed by atoms with Crippen molar-refractivity contribution in [1.29, 1.82) is 0 Å². The number of hydrogen-bond donors (Lipinski definition) is 0. The van der Waals surface area contributed by atoms with Gasteiger partial charge in [-0.25, -0.2) is 0 Å². The molecule has 3 rings (SSSR count). The molecule has 0 unspecified atom stereocenters. The highest BCUT2D eigenvalue weighted by Gasteiger charge is 2.34. The summed E-state index contributed by atoms with van der Waals surface area (Å²) in [4.78, 5) is 8.20. The molecule has 3 nitrogen and oxygen atoms in total. The lowest BCUT2D eigenvalue weighted by molar-refractivity contribution is -0.138. The van der Waals surface area contributed by atoms with E-state index in [1.165, 1.54) is 13.2 Å². The van der Waals surface area contributed by atoms with Crippen molar-refractivity contribution in [3.05, 3.63) is 54.5 Å². The van der Waals surface area contributed by atoms with Gasteiger partial charge in [-0.15, -0.1) is 0 Å². The van der Waals surface area contributed by atoms with Gasteiger partial charge in [0.15, 0.2) is 0 Å². The third-order valence-corrected chi connectivity index (χ3v) is 3.36. The zero-order valence-corrected chi connectivity index (χ0v) is 11.6.